The first kappa shape index (κ1) is 38.0. The average molecular weight is 707 g/mol. The number of unbranched alkanes of at least 4 members (excludes halogenated alkanes) is 2. The van der Waals surface area contributed by atoms with E-state index in [1.807, 2.05) is 0 Å². The zero-order valence-corrected chi connectivity index (χ0v) is 28.0. The molecule has 0 aliphatic carbocycles. The van der Waals surface area contributed by atoms with Gasteiger partial charge in [-0.05, 0) is 90.3 Å². The highest BCUT2D eigenvalue weighted by Crippen LogP contribution is 2.35. The van der Waals surface area contributed by atoms with Crippen LogP contribution in [0.25, 0.3) is 0 Å². The number of esters is 1. The van der Waals surface area contributed by atoms with Crippen LogP contribution in [0.15, 0.2) is 91.0 Å². The molecule has 0 unspecified atom stereocenters. The number of carbonyl (C=O) groups is 4. The van der Waals surface area contributed by atoms with Crippen LogP contribution in [0.5, 0.6) is 17.2 Å². The molecule has 2 N–H and O–H groups in total. The van der Waals surface area contributed by atoms with Gasteiger partial charge in [0.05, 0.1) is 31.3 Å². The second-order valence-corrected chi connectivity index (χ2v) is 11.5. The molecule has 0 aliphatic heterocycles. The van der Waals surface area contributed by atoms with Crippen LogP contribution in [-0.2, 0) is 28.7 Å². The number of rotatable bonds is 16. The van der Waals surface area contributed by atoms with E-state index in [0.29, 0.717) is 23.5 Å². The van der Waals surface area contributed by atoms with E-state index in [2.05, 4.69) is 12.2 Å². The molecule has 268 valence electrons. The molecule has 51 heavy (non-hydrogen) atoms. The number of halogens is 3. The first-order valence-electron chi connectivity index (χ1n) is 16.0. The van der Waals surface area contributed by atoms with Gasteiger partial charge in [-0.15, -0.1) is 0 Å². The SMILES string of the molecule is CCCCCOc1ccc(C(=O)Oc2ccc(CN(CC(=O)O)C(=O)c3ccc(NC(=O)Cc4ccc(OC)cc4C(F)(F)F)cc3)cc2)cc1. The van der Waals surface area contributed by atoms with E-state index in [1.165, 1.54) is 55.6 Å². The molecule has 10 nitrogen and oxygen atoms in total. The molecule has 0 atom stereocenters. The third kappa shape index (κ3) is 11.3. The number of carboxylic acid groups (broad SMARTS) is 1. The number of carbonyl (C=O) groups excluding carboxylic acids is 3. The van der Waals surface area contributed by atoms with Crippen LogP contribution >= 0.6 is 0 Å². The average Bonchev–Trinajstić information content (AvgIpc) is 3.10. The molecule has 0 bridgehead atoms. The molecule has 0 saturated heterocycles. The Bertz CT molecular complexity index is 1810. The van der Waals surface area contributed by atoms with E-state index in [4.69, 9.17) is 14.2 Å². The minimum Gasteiger partial charge on any atom is -0.497 e. The Morgan fingerprint density at radius 2 is 1.43 bits per heavy atom. The lowest BCUT2D eigenvalue weighted by atomic mass is 10.0. The van der Waals surface area contributed by atoms with Gasteiger partial charge in [0.15, 0.2) is 0 Å². The number of hydrogen-bond acceptors (Lipinski definition) is 7. The van der Waals surface area contributed by atoms with Crippen LogP contribution in [0.4, 0.5) is 18.9 Å². The fraction of sp³-hybridized carbons (Fsp3) is 0.263. The minimum absolute atomic E-state index is 0.00282. The van der Waals surface area contributed by atoms with E-state index in [9.17, 15) is 37.5 Å². The van der Waals surface area contributed by atoms with Crippen molar-refractivity contribution < 1.29 is 51.7 Å². The second-order valence-electron chi connectivity index (χ2n) is 11.5. The van der Waals surface area contributed by atoms with Gasteiger partial charge in [0.25, 0.3) is 5.91 Å². The van der Waals surface area contributed by atoms with Crippen molar-refractivity contribution in [2.45, 2.75) is 45.3 Å². The first-order chi connectivity index (χ1) is 24.4. The van der Waals surface area contributed by atoms with Crippen molar-refractivity contribution in [1.29, 1.82) is 0 Å². The van der Waals surface area contributed by atoms with Crippen molar-refractivity contribution in [2.24, 2.45) is 0 Å². The number of hydrogen-bond donors (Lipinski definition) is 2. The van der Waals surface area contributed by atoms with Crippen molar-refractivity contribution in [3.63, 3.8) is 0 Å². The summed E-state index contributed by atoms with van der Waals surface area (Å²) in [5, 5.41) is 12.0. The predicted molar refractivity (Wildman–Crippen MR) is 182 cm³/mol. The maximum Gasteiger partial charge on any atom is 0.416 e. The third-order valence-electron chi connectivity index (χ3n) is 7.62. The van der Waals surface area contributed by atoms with Crippen molar-refractivity contribution in [3.8, 4) is 17.2 Å². The number of nitrogens with zero attached hydrogens (tertiary/aromatic N) is 1. The van der Waals surface area contributed by atoms with E-state index >= 15 is 0 Å². The fourth-order valence-corrected chi connectivity index (χ4v) is 5.00. The minimum atomic E-state index is -4.69. The van der Waals surface area contributed by atoms with Gasteiger partial charge in [0.1, 0.15) is 23.8 Å². The highest BCUT2D eigenvalue weighted by molar-refractivity contribution is 5.97. The molecule has 0 heterocycles. The number of benzene rings is 4. The maximum absolute atomic E-state index is 13.5. The van der Waals surface area contributed by atoms with Gasteiger partial charge >= 0.3 is 18.1 Å². The lowest BCUT2D eigenvalue weighted by Gasteiger charge is -2.21. The number of aliphatic carboxylic acids is 1. The molecule has 4 rings (SSSR count). The van der Waals surface area contributed by atoms with Crippen LogP contribution in [0.3, 0.4) is 0 Å². The summed E-state index contributed by atoms with van der Waals surface area (Å²) in [5.74, 6) is -2.24. The fourth-order valence-electron chi connectivity index (χ4n) is 5.00. The normalized spacial score (nSPS) is 11.0. The van der Waals surface area contributed by atoms with Crippen molar-refractivity contribution in [2.75, 3.05) is 25.6 Å². The van der Waals surface area contributed by atoms with Crippen molar-refractivity contribution in [1.82, 2.24) is 4.90 Å². The Labute approximate surface area is 292 Å². The lowest BCUT2D eigenvalue weighted by Crippen LogP contribution is -2.35. The Morgan fingerprint density at radius 1 is 0.804 bits per heavy atom. The number of nitrogens with one attached hydrogen (secondary N) is 1. The Hall–Kier alpha value is -5.85. The standard InChI is InChI=1S/C38H37F3N2O8/c1-3-4-5-20-50-30-17-10-27(11-18-30)37(48)51-31-15-6-25(7-16-31)23-43(24-35(45)46)36(47)26-8-13-29(14-9-26)42-34(44)21-28-12-19-32(49-2)22-33(28)38(39,40)41/h6-19,22H,3-5,20-21,23-24H2,1-2H3,(H,42,44)(H,45,46). The van der Waals surface area contributed by atoms with Crippen LogP contribution < -0.4 is 19.5 Å². The molecule has 0 spiro atoms. The molecular formula is C38H37F3N2O8. The Kier molecular flexibility index (Phi) is 13.2. The zero-order chi connectivity index (χ0) is 37.0. The van der Waals surface area contributed by atoms with Gasteiger partial charge in [0.2, 0.25) is 5.91 Å². The summed E-state index contributed by atoms with van der Waals surface area (Å²) in [7, 11) is 1.24. The maximum atomic E-state index is 13.5. The molecule has 0 fully saturated rings. The summed E-state index contributed by atoms with van der Waals surface area (Å²) in [4.78, 5) is 51.3. The van der Waals surface area contributed by atoms with E-state index in [1.54, 1.807) is 36.4 Å². The number of amides is 2. The number of methoxy groups -OCH3 is 1. The van der Waals surface area contributed by atoms with Gasteiger partial charge in [-0.2, -0.15) is 13.2 Å². The number of ether oxygens (including phenoxy) is 3. The monoisotopic (exact) mass is 706 g/mol. The number of anilines is 1. The highest BCUT2D eigenvalue weighted by atomic mass is 19.4. The summed E-state index contributed by atoms with van der Waals surface area (Å²) < 4.78 is 56.6. The molecule has 13 heteroatoms. The molecule has 4 aromatic rings. The van der Waals surface area contributed by atoms with Gasteiger partial charge in [-0.1, -0.05) is 38.0 Å². The highest BCUT2D eigenvalue weighted by Gasteiger charge is 2.34. The second kappa shape index (κ2) is 17.7. The summed E-state index contributed by atoms with van der Waals surface area (Å²) in [5.41, 5.74) is 0.00635. The molecular weight excluding hydrogens is 669 g/mol. The zero-order valence-electron chi connectivity index (χ0n) is 28.0. The third-order valence-corrected chi connectivity index (χ3v) is 7.62. The molecule has 0 aromatic heterocycles. The van der Waals surface area contributed by atoms with Gasteiger partial charge < -0.3 is 29.5 Å². The van der Waals surface area contributed by atoms with Crippen molar-refractivity contribution in [3.05, 3.63) is 119 Å². The van der Waals surface area contributed by atoms with E-state index in [0.717, 1.165) is 30.2 Å². The largest absolute Gasteiger partial charge is 0.497 e. The Morgan fingerprint density at radius 3 is 2.04 bits per heavy atom. The number of carboxylic acids is 1. The summed E-state index contributed by atoms with van der Waals surface area (Å²) in [6, 6.07) is 21.7. The summed E-state index contributed by atoms with van der Waals surface area (Å²) in [6.07, 6.45) is -2.15. The smallest absolute Gasteiger partial charge is 0.416 e. The van der Waals surface area contributed by atoms with Crippen LogP contribution in [-0.4, -0.2) is 54.0 Å². The lowest BCUT2D eigenvalue weighted by molar-refractivity contribution is -0.139. The predicted octanol–water partition coefficient (Wildman–Crippen LogP) is 7.41. The molecule has 0 radical (unpaired) electrons. The van der Waals surface area contributed by atoms with Crippen LogP contribution in [0, 0.1) is 0 Å². The topological polar surface area (TPSA) is 131 Å². The summed E-state index contributed by atoms with van der Waals surface area (Å²) in [6.45, 7) is 2.01. The van der Waals surface area contributed by atoms with Gasteiger partial charge in [0, 0.05) is 17.8 Å². The summed E-state index contributed by atoms with van der Waals surface area (Å²) >= 11 is 0. The van der Waals surface area contributed by atoms with Gasteiger partial charge in [-0.25, -0.2) is 4.79 Å². The molecule has 4 aromatic carbocycles. The Balaban J connectivity index is 1.35. The molecule has 0 aliphatic rings. The first-order valence-corrected chi connectivity index (χ1v) is 16.0. The molecule has 0 saturated carbocycles. The number of alkyl halides is 3. The van der Waals surface area contributed by atoms with Crippen molar-refractivity contribution >= 4 is 29.4 Å². The van der Waals surface area contributed by atoms with E-state index < -0.39 is 48.5 Å². The quantitative estimate of drug-likeness (QED) is 0.0700. The van der Waals surface area contributed by atoms with E-state index in [-0.39, 0.29) is 34.9 Å². The van der Waals surface area contributed by atoms with Gasteiger partial charge in [-0.3, -0.25) is 14.4 Å². The molecule has 2 amide bonds. The van der Waals surface area contributed by atoms with Crippen LogP contribution in [0.1, 0.15) is 63.6 Å². The van der Waals surface area contributed by atoms with Crippen LogP contribution in [0.2, 0.25) is 0 Å².